The first-order valence-corrected chi connectivity index (χ1v) is 5.19. The fourth-order valence-corrected chi connectivity index (χ4v) is 1.47. The van der Waals surface area contributed by atoms with Gasteiger partial charge in [-0.3, -0.25) is 0 Å². The largest absolute Gasteiger partial charge is 0.508 e. The Balaban J connectivity index is 1.78. The Labute approximate surface area is 97.3 Å². The number of hydrogen-bond donors (Lipinski definition) is 2. The molecule has 6 heteroatoms. The second-order valence-corrected chi connectivity index (χ2v) is 3.58. The van der Waals surface area contributed by atoms with E-state index in [4.69, 9.17) is 4.52 Å². The number of phenolic OH excluding ortho intramolecular Hbond substituents is 1. The van der Waals surface area contributed by atoms with Crippen molar-refractivity contribution in [2.45, 2.75) is 13.0 Å². The summed E-state index contributed by atoms with van der Waals surface area (Å²) in [4.78, 5) is 3.87. The van der Waals surface area contributed by atoms with Gasteiger partial charge in [0.05, 0.1) is 0 Å². The third-order valence-electron chi connectivity index (χ3n) is 2.19. The minimum atomic E-state index is -0.446. The van der Waals surface area contributed by atoms with Crippen LogP contribution in [0.5, 0.6) is 5.75 Å². The Bertz CT molecular complexity index is 453. The molecule has 0 fully saturated rings. The van der Waals surface area contributed by atoms with Crippen LogP contribution in [-0.4, -0.2) is 21.8 Å². The van der Waals surface area contributed by atoms with Crippen LogP contribution in [0, 0.1) is 5.82 Å². The summed E-state index contributed by atoms with van der Waals surface area (Å²) in [6.45, 7) is 1.11. The number of rotatable bonds is 5. The van der Waals surface area contributed by atoms with Crippen molar-refractivity contribution in [3.05, 3.63) is 41.8 Å². The summed E-state index contributed by atoms with van der Waals surface area (Å²) in [7, 11) is 0. The Kier molecular flexibility index (Phi) is 3.66. The van der Waals surface area contributed by atoms with Crippen LogP contribution in [-0.2, 0) is 13.0 Å². The molecule has 0 radical (unpaired) electrons. The second-order valence-electron chi connectivity index (χ2n) is 3.58. The van der Waals surface area contributed by atoms with Crippen LogP contribution in [0.15, 0.2) is 29.0 Å². The van der Waals surface area contributed by atoms with Crippen molar-refractivity contribution in [2.75, 3.05) is 6.54 Å². The molecule has 0 unspecified atom stereocenters. The standard InChI is InChI=1S/C11H12FN3O2/c12-9-3-8(4-10(16)5-9)6-13-2-1-11-14-7-15-17-11/h3-5,7,13,16H,1-2,6H2. The molecule has 0 amide bonds. The molecule has 0 saturated heterocycles. The average molecular weight is 237 g/mol. The van der Waals surface area contributed by atoms with E-state index in [0.717, 1.165) is 6.07 Å². The molecular formula is C11H12FN3O2. The minimum Gasteiger partial charge on any atom is -0.508 e. The molecule has 0 spiro atoms. The zero-order valence-electron chi connectivity index (χ0n) is 9.06. The average Bonchev–Trinajstić information content (AvgIpc) is 2.76. The van der Waals surface area contributed by atoms with E-state index in [-0.39, 0.29) is 5.75 Å². The van der Waals surface area contributed by atoms with Gasteiger partial charge in [0, 0.05) is 25.6 Å². The van der Waals surface area contributed by atoms with Gasteiger partial charge in [0.25, 0.3) is 0 Å². The molecule has 90 valence electrons. The Morgan fingerprint density at radius 2 is 2.24 bits per heavy atom. The lowest BCUT2D eigenvalue weighted by molar-refractivity contribution is 0.375. The van der Waals surface area contributed by atoms with Crippen LogP contribution in [0.4, 0.5) is 4.39 Å². The summed E-state index contributed by atoms with van der Waals surface area (Å²) in [5, 5.41) is 15.8. The van der Waals surface area contributed by atoms with Gasteiger partial charge in [-0.15, -0.1) is 0 Å². The maximum absolute atomic E-state index is 12.9. The number of benzene rings is 1. The van der Waals surface area contributed by atoms with Crippen molar-refractivity contribution < 1.29 is 14.0 Å². The number of nitrogens with one attached hydrogen (secondary N) is 1. The Hall–Kier alpha value is -1.95. The van der Waals surface area contributed by atoms with E-state index in [0.29, 0.717) is 31.0 Å². The maximum Gasteiger partial charge on any atom is 0.227 e. The van der Waals surface area contributed by atoms with Crippen LogP contribution in [0.2, 0.25) is 0 Å². The van der Waals surface area contributed by atoms with Crippen molar-refractivity contribution in [2.24, 2.45) is 0 Å². The molecule has 17 heavy (non-hydrogen) atoms. The fourth-order valence-electron chi connectivity index (χ4n) is 1.47. The molecule has 0 aliphatic carbocycles. The molecule has 0 aliphatic rings. The molecule has 2 aromatic rings. The highest BCUT2D eigenvalue weighted by molar-refractivity contribution is 5.28. The zero-order valence-corrected chi connectivity index (χ0v) is 9.06. The van der Waals surface area contributed by atoms with Crippen LogP contribution in [0.1, 0.15) is 11.5 Å². The van der Waals surface area contributed by atoms with Gasteiger partial charge in [-0.05, 0) is 17.7 Å². The molecule has 0 aliphatic heterocycles. The van der Waals surface area contributed by atoms with Gasteiger partial charge in [-0.25, -0.2) is 4.39 Å². The fraction of sp³-hybridized carbons (Fsp3) is 0.273. The van der Waals surface area contributed by atoms with Crippen LogP contribution in [0.3, 0.4) is 0 Å². The summed E-state index contributed by atoms with van der Waals surface area (Å²) in [5.41, 5.74) is 0.688. The van der Waals surface area contributed by atoms with Crippen LogP contribution < -0.4 is 5.32 Å². The number of hydrogen-bond acceptors (Lipinski definition) is 5. The first kappa shape index (κ1) is 11.5. The molecule has 2 rings (SSSR count). The SMILES string of the molecule is Oc1cc(F)cc(CNCCc2ncno2)c1. The lowest BCUT2D eigenvalue weighted by Crippen LogP contribution is -2.16. The molecule has 2 N–H and O–H groups in total. The van der Waals surface area contributed by atoms with Crippen molar-refractivity contribution in [1.82, 2.24) is 15.5 Å². The summed E-state index contributed by atoms with van der Waals surface area (Å²) in [6, 6.07) is 3.96. The number of phenols is 1. The zero-order chi connectivity index (χ0) is 12.1. The van der Waals surface area contributed by atoms with Gasteiger partial charge in [-0.2, -0.15) is 4.98 Å². The van der Waals surface area contributed by atoms with E-state index < -0.39 is 5.82 Å². The van der Waals surface area contributed by atoms with Crippen molar-refractivity contribution >= 4 is 0 Å². The Morgan fingerprint density at radius 1 is 1.35 bits per heavy atom. The lowest BCUT2D eigenvalue weighted by atomic mass is 10.2. The smallest absolute Gasteiger partial charge is 0.227 e. The first-order chi connectivity index (χ1) is 8.24. The van der Waals surface area contributed by atoms with Gasteiger partial charge in [0.1, 0.15) is 11.6 Å². The van der Waals surface area contributed by atoms with E-state index in [1.165, 1.54) is 18.5 Å². The van der Waals surface area contributed by atoms with Gasteiger partial charge in [0.15, 0.2) is 6.33 Å². The number of aromatic nitrogens is 2. The quantitative estimate of drug-likeness (QED) is 0.766. The van der Waals surface area contributed by atoms with Crippen molar-refractivity contribution in [1.29, 1.82) is 0 Å². The van der Waals surface area contributed by atoms with Crippen molar-refractivity contribution in [3.63, 3.8) is 0 Å². The monoisotopic (exact) mass is 237 g/mol. The molecule has 1 heterocycles. The highest BCUT2D eigenvalue weighted by Crippen LogP contribution is 2.14. The Morgan fingerprint density at radius 3 is 2.94 bits per heavy atom. The predicted octanol–water partition coefficient (Wildman–Crippen LogP) is 1.25. The van der Waals surface area contributed by atoms with Crippen LogP contribution in [0.25, 0.3) is 0 Å². The van der Waals surface area contributed by atoms with E-state index in [2.05, 4.69) is 15.5 Å². The van der Waals surface area contributed by atoms with E-state index in [1.807, 2.05) is 0 Å². The summed E-state index contributed by atoms with van der Waals surface area (Å²) in [5.74, 6) is 0.0389. The van der Waals surface area contributed by atoms with Crippen molar-refractivity contribution in [3.8, 4) is 5.75 Å². The van der Waals surface area contributed by atoms with Gasteiger partial charge >= 0.3 is 0 Å². The number of aromatic hydroxyl groups is 1. The van der Waals surface area contributed by atoms with E-state index in [1.54, 1.807) is 0 Å². The van der Waals surface area contributed by atoms with Gasteiger partial charge in [-0.1, -0.05) is 5.16 Å². The second kappa shape index (κ2) is 5.40. The highest BCUT2D eigenvalue weighted by Gasteiger charge is 2.01. The third-order valence-corrected chi connectivity index (χ3v) is 2.19. The molecular weight excluding hydrogens is 225 g/mol. The normalized spacial score (nSPS) is 10.6. The highest BCUT2D eigenvalue weighted by atomic mass is 19.1. The lowest BCUT2D eigenvalue weighted by Gasteiger charge is -2.04. The van der Waals surface area contributed by atoms with E-state index >= 15 is 0 Å². The molecule has 1 aromatic carbocycles. The summed E-state index contributed by atoms with van der Waals surface area (Å²) in [6.07, 6.45) is 1.96. The topological polar surface area (TPSA) is 71.2 Å². The summed E-state index contributed by atoms with van der Waals surface area (Å²) < 4.78 is 17.8. The molecule has 5 nitrogen and oxygen atoms in total. The molecule has 0 atom stereocenters. The molecule has 0 saturated carbocycles. The van der Waals surface area contributed by atoms with E-state index in [9.17, 15) is 9.50 Å². The van der Waals surface area contributed by atoms with Gasteiger partial charge < -0.3 is 14.9 Å². The molecule has 1 aromatic heterocycles. The third kappa shape index (κ3) is 3.53. The summed E-state index contributed by atoms with van der Waals surface area (Å²) >= 11 is 0. The maximum atomic E-state index is 12.9. The van der Waals surface area contributed by atoms with Crippen LogP contribution >= 0.6 is 0 Å². The number of halogens is 1. The molecule has 0 bridgehead atoms. The minimum absolute atomic E-state index is 0.0706. The number of nitrogens with zero attached hydrogens (tertiary/aromatic N) is 2. The first-order valence-electron chi connectivity index (χ1n) is 5.19. The predicted molar refractivity (Wildman–Crippen MR) is 57.8 cm³/mol. The van der Waals surface area contributed by atoms with Gasteiger partial charge in [0.2, 0.25) is 5.89 Å².